The molecule has 0 bridgehead atoms. The number of hydrogen-bond acceptors (Lipinski definition) is 4. The first kappa shape index (κ1) is 24.3. The fourth-order valence-electron chi connectivity index (χ4n) is 4.06. The third-order valence-corrected chi connectivity index (χ3v) is 5.84. The van der Waals surface area contributed by atoms with Gasteiger partial charge in [0, 0.05) is 12.2 Å². The number of carboxylic acids is 1. The molecule has 0 spiro atoms. The summed E-state index contributed by atoms with van der Waals surface area (Å²) in [6.45, 7) is 0.326. The Morgan fingerprint density at radius 2 is 1.80 bits per heavy atom. The molecule has 35 heavy (non-hydrogen) atoms. The smallest absolute Gasteiger partial charge is 0.417 e. The molecule has 0 fully saturated rings. The Balaban J connectivity index is 1.48. The van der Waals surface area contributed by atoms with E-state index in [1.165, 1.54) is 11.0 Å². The van der Waals surface area contributed by atoms with E-state index in [0.29, 0.717) is 35.5 Å². The first-order chi connectivity index (χ1) is 16.6. The van der Waals surface area contributed by atoms with Crippen LogP contribution in [0.15, 0.2) is 66.7 Å². The third-order valence-electron chi connectivity index (χ3n) is 5.84. The van der Waals surface area contributed by atoms with Crippen LogP contribution in [0, 0.1) is 0 Å². The fraction of sp³-hybridized carbons (Fsp3) is 0.231. The van der Waals surface area contributed by atoms with Gasteiger partial charge in [-0.15, -0.1) is 0 Å². The number of carbonyl (C=O) groups is 2. The lowest BCUT2D eigenvalue weighted by molar-refractivity contribution is -0.140. The van der Waals surface area contributed by atoms with Crippen molar-refractivity contribution in [3.05, 3.63) is 83.4 Å². The quantitative estimate of drug-likeness (QED) is 0.510. The highest BCUT2D eigenvalue weighted by atomic mass is 19.4. The Bertz CT molecular complexity index is 1250. The van der Waals surface area contributed by atoms with Crippen LogP contribution in [0.2, 0.25) is 0 Å². The van der Waals surface area contributed by atoms with Gasteiger partial charge in [0.05, 0.1) is 12.0 Å². The zero-order valence-electron chi connectivity index (χ0n) is 18.6. The summed E-state index contributed by atoms with van der Waals surface area (Å²) >= 11 is 0. The Kier molecular flexibility index (Phi) is 6.79. The molecule has 1 aliphatic rings. The second kappa shape index (κ2) is 9.79. The number of carboxylic acid groups (broad SMARTS) is 1. The lowest BCUT2D eigenvalue weighted by Crippen LogP contribution is -2.38. The number of halogens is 3. The molecule has 0 saturated heterocycles. The van der Waals surface area contributed by atoms with Gasteiger partial charge in [0.1, 0.15) is 18.4 Å². The summed E-state index contributed by atoms with van der Waals surface area (Å²) in [6, 6.07) is 16.3. The standard InChI is InChI=1S/C26H23F3N2O4/c27-26(28,29)21-12-16(6-8-20(21)17-4-2-1-3-5-17)15-35-19-7-9-23-18(13-19)10-11-31(23)24(32)14-22(30)25(33)34/h1-9,12-13,22H,10-11,14-15,30H2,(H,33,34). The Morgan fingerprint density at radius 1 is 1.06 bits per heavy atom. The molecular weight excluding hydrogens is 461 g/mol. The van der Waals surface area contributed by atoms with Crippen LogP contribution in [-0.2, 0) is 28.8 Å². The number of nitrogens with zero attached hydrogens (tertiary/aromatic N) is 1. The van der Waals surface area contributed by atoms with E-state index in [9.17, 15) is 22.8 Å². The van der Waals surface area contributed by atoms with Crippen LogP contribution in [0.3, 0.4) is 0 Å². The molecule has 1 heterocycles. The summed E-state index contributed by atoms with van der Waals surface area (Å²) in [5.74, 6) is -1.17. The van der Waals surface area contributed by atoms with Crippen molar-refractivity contribution in [2.24, 2.45) is 5.73 Å². The van der Waals surface area contributed by atoms with Gasteiger partial charge in [0.25, 0.3) is 0 Å². The molecule has 1 amide bonds. The van der Waals surface area contributed by atoms with E-state index in [2.05, 4.69) is 0 Å². The van der Waals surface area contributed by atoms with E-state index in [1.54, 1.807) is 54.6 Å². The van der Waals surface area contributed by atoms with Crippen molar-refractivity contribution in [1.82, 2.24) is 0 Å². The molecule has 6 nitrogen and oxygen atoms in total. The minimum Gasteiger partial charge on any atom is -0.489 e. The van der Waals surface area contributed by atoms with Crippen LogP contribution in [0.1, 0.15) is 23.1 Å². The molecule has 3 N–H and O–H groups in total. The van der Waals surface area contributed by atoms with Crippen LogP contribution in [0.4, 0.5) is 18.9 Å². The number of amides is 1. The van der Waals surface area contributed by atoms with E-state index in [0.717, 1.165) is 11.6 Å². The average molecular weight is 484 g/mol. The Labute approximate surface area is 199 Å². The topological polar surface area (TPSA) is 92.9 Å². The van der Waals surface area contributed by atoms with Gasteiger partial charge in [-0.1, -0.05) is 42.5 Å². The van der Waals surface area contributed by atoms with E-state index in [4.69, 9.17) is 15.6 Å². The molecule has 0 aliphatic carbocycles. The number of alkyl halides is 3. The van der Waals surface area contributed by atoms with E-state index in [-0.39, 0.29) is 24.5 Å². The fourth-order valence-corrected chi connectivity index (χ4v) is 4.06. The number of fused-ring (bicyclic) bond motifs is 1. The van der Waals surface area contributed by atoms with Gasteiger partial charge in [-0.3, -0.25) is 9.59 Å². The largest absolute Gasteiger partial charge is 0.489 e. The maximum absolute atomic E-state index is 13.7. The second-order valence-corrected chi connectivity index (χ2v) is 8.27. The molecule has 3 aromatic rings. The van der Waals surface area contributed by atoms with Gasteiger partial charge in [-0.25, -0.2) is 0 Å². The molecule has 1 unspecified atom stereocenters. The first-order valence-corrected chi connectivity index (χ1v) is 10.9. The summed E-state index contributed by atoms with van der Waals surface area (Å²) < 4.78 is 47.0. The van der Waals surface area contributed by atoms with Gasteiger partial charge in [0.15, 0.2) is 0 Å². The molecule has 182 valence electrons. The highest BCUT2D eigenvalue weighted by Gasteiger charge is 2.34. The van der Waals surface area contributed by atoms with E-state index < -0.39 is 23.8 Å². The van der Waals surface area contributed by atoms with Crippen molar-refractivity contribution in [3.63, 3.8) is 0 Å². The first-order valence-electron chi connectivity index (χ1n) is 10.9. The van der Waals surface area contributed by atoms with Gasteiger partial charge >= 0.3 is 12.1 Å². The summed E-state index contributed by atoms with van der Waals surface area (Å²) in [5.41, 5.74) is 7.17. The zero-order chi connectivity index (χ0) is 25.2. The highest BCUT2D eigenvalue weighted by molar-refractivity contribution is 5.97. The van der Waals surface area contributed by atoms with Crippen molar-refractivity contribution >= 4 is 17.6 Å². The average Bonchev–Trinajstić information content (AvgIpc) is 3.26. The molecule has 4 rings (SSSR count). The molecular formula is C26H23F3N2O4. The Hall–Kier alpha value is -3.85. The Morgan fingerprint density at radius 3 is 2.49 bits per heavy atom. The lowest BCUT2D eigenvalue weighted by atomic mass is 9.97. The summed E-state index contributed by atoms with van der Waals surface area (Å²) in [6.07, 6.45) is -4.29. The van der Waals surface area contributed by atoms with Crippen molar-refractivity contribution in [2.45, 2.75) is 31.7 Å². The highest BCUT2D eigenvalue weighted by Crippen LogP contribution is 2.38. The van der Waals surface area contributed by atoms with Crippen LogP contribution in [0.25, 0.3) is 11.1 Å². The van der Waals surface area contributed by atoms with Crippen molar-refractivity contribution < 1.29 is 32.6 Å². The normalized spacial score (nSPS) is 13.9. The lowest BCUT2D eigenvalue weighted by Gasteiger charge is -2.19. The number of hydrogen-bond donors (Lipinski definition) is 2. The minimum atomic E-state index is -4.52. The monoisotopic (exact) mass is 484 g/mol. The molecule has 0 radical (unpaired) electrons. The van der Waals surface area contributed by atoms with Crippen LogP contribution >= 0.6 is 0 Å². The molecule has 0 saturated carbocycles. The molecule has 9 heteroatoms. The van der Waals surface area contributed by atoms with Crippen LogP contribution in [0.5, 0.6) is 5.75 Å². The molecule has 3 aromatic carbocycles. The third kappa shape index (κ3) is 5.46. The second-order valence-electron chi connectivity index (χ2n) is 8.27. The van der Waals surface area contributed by atoms with Crippen LogP contribution in [-0.4, -0.2) is 29.6 Å². The summed E-state index contributed by atoms with van der Waals surface area (Å²) in [5, 5.41) is 8.92. The number of anilines is 1. The SMILES string of the molecule is NC(CC(=O)N1CCc2cc(OCc3ccc(-c4ccccc4)c(C(F)(F)F)c3)ccc21)C(=O)O. The van der Waals surface area contributed by atoms with Crippen molar-refractivity contribution in [1.29, 1.82) is 0 Å². The van der Waals surface area contributed by atoms with Crippen LogP contribution < -0.4 is 15.4 Å². The van der Waals surface area contributed by atoms with E-state index >= 15 is 0 Å². The number of ether oxygens (including phenoxy) is 1. The predicted molar refractivity (Wildman–Crippen MR) is 124 cm³/mol. The number of carbonyl (C=O) groups excluding carboxylic acids is 1. The molecule has 0 aromatic heterocycles. The maximum atomic E-state index is 13.7. The number of rotatable bonds is 7. The van der Waals surface area contributed by atoms with E-state index in [1.807, 2.05) is 0 Å². The van der Waals surface area contributed by atoms with Gasteiger partial charge < -0.3 is 20.5 Å². The zero-order valence-corrected chi connectivity index (χ0v) is 18.6. The minimum absolute atomic E-state index is 0.0625. The summed E-state index contributed by atoms with van der Waals surface area (Å²) in [4.78, 5) is 24.8. The molecule has 1 aliphatic heterocycles. The maximum Gasteiger partial charge on any atom is 0.417 e. The number of nitrogens with two attached hydrogens (primary N) is 1. The summed E-state index contributed by atoms with van der Waals surface area (Å²) in [7, 11) is 0. The number of aliphatic carboxylic acids is 1. The van der Waals surface area contributed by atoms with Gasteiger partial charge in [-0.2, -0.15) is 13.2 Å². The van der Waals surface area contributed by atoms with Gasteiger partial charge in [0.2, 0.25) is 5.91 Å². The predicted octanol–water partition coefficient (Wildman–Crippen LogP) is 4.64. The van der Waals surface area contributed by atoms with Gasteiger partial charge in [-0.05, 0) is 52.9 Å². The number of benzene rings is 3. The van der Waals surface area contributed by atoms with Crippen molar-refractivity contribution in [2.75, 3.05) is 11.4 Å². The molecule has 1 atom stereocenters. The van der Waals surface area contributed by atoms with Crippen molar-refractivity contribution in [3.8, 4) is 16.9 Å².